The van der Waals surface area contributed by atoms with Crippen LogP contribution in [0.15, 0.2) is 17.0 Å². The molecule has 0 atom stereocenters. The van der Waals surface area contributed by atoms with Crippen molar-refractivity contribution in [1.82, 2.24) is 4.90 Å². The van der Waals surface area contributed by atoms with E-state index >= 15 is 0 Å². The number of rotatable bonds is 5. The van der Waals surface area contributed by atoms with Crippen LogP contribution in [0.2, 0.25) is 5.02 Å². The Bertz CT molecular complexity index is 642. The van der Waals surface area contributed by atoms with Gasteiger partial charge in [0.2, 0.25) is 0 Å². The standard InChI is InChI=1S/C14H19Cl2NO3S/c1-5-17(8-9(2)3)14(18)11-6-12(15)10(4)13(7-11)21(16,19)20/h6-7,9H,5,8H2,1-4H3. The highest BCUT2D eigenvalue weighted by Gasteiger charge is 2.22. The highest BCUT2D eigenvalue weighted by molar-refractivity contribution is 8.13. The van der Waals surface area contributed by atoms with E-state index in [1.165, 1.54) is 12.1 Å². The molecule has 0 radical (unpaired) electrons. The summed E-state index contributed by atoms with van der Waals surface area (Å²) in [5, 5.41) is 0.209. The number of halogens is 2. The first-order valence-electron chi connectivity index (χ1n) is 6.62. The first-order chi connectivity index (χ1) is 9.57. The smallest absolute Gasteiger partial charge is 0.261 e. The van der Waals surface area contributed by atoms with E-state index in [9.17, 15) is 13.2 Å². The van der Waals surface area contributed by atoms with Crippen LogP contribution in [-0.4, -0.2) is 32.3 Å². The fourth-order valence-electron chi connectivity index (χ4n) is 2.01. The lowest BCUT2D eigenvalue weighted by Gasteiger charge is -2.23. The highest BCUT2D eigenvalue weighted by Crippen LogP contribution is 2.28. The Labute approximate surface area is 135 Å². The Morgan fingerprint density at radius 3 is 2.33 bits per heavy atom. The van der Waals surface area contributed by atoms with Crippen LogP contribution < -0.4 is 0 Å². The summed E-state index contributed by atoms with van der Waals surface area (Å²) in [5.74, 6) is 0.0562. The average molecular weight is 352 g/mol. The van der Waals surface area contributed by atoms with Gasteiger partial charge in [0.15, 0.2) is 0 Å². The molecule has 0 spiro atoms. The summed E-state index contributed by atoms with van der Waals surface area (Å²) < 4.78 is 23.2. The van der Waals surface area contributed by atoms with Crippen LogP contribution >= 0.6 is 22.3 Å². The van der Waals surface area contributed by atoms with Crippen LogP contribution in [0.25, 0.3) is 0 Å². The van der Waals surface area contributed by atoms with Gasteiger partial charge < -0.3 is 4.90 Å². The number of carbonyl (C=O) groups is 1. The van der Waals surface area contributed by atoms with E-state index in [0.29, 0.717) is 24.6 Å². The molecule has 1 rings (SSSR count). The first kappa shape index (κ1) is 18.3. The van der Waals surface area contributed by atoms with Gasteiger partial charge in [-0.1, -0.05) is 25.4 Å². The summed E-state index contributed by atoms with van der Waals surface area (Å²) in [6, 6.07) is 2.77. The van der Waals surface area contributed by atoms with Crippen molar-refractivity contribution in [2.75, 3.05) is 13.1 Å². The maximum absolute atomic E-state index is 12.5. The fraction of sp³-hybridized carbons (Fsp3) is 0.500. The lowest BCUT2D eigenvalue weighted by molar-refractivity contribution is 0.0745. The molecule has 0 bridgehead atoms. The third kappa shape index (κ3) is 4.59. The van der Waals surface area contributed by atoms with E-state index < -0.39 is 9.05 Å². The maximum atomic E-state index is 12.5. The van der Waals surface area contributed by atoms with E-state index in [2.05, 4.69) is 0 Å². The van der Waals surface area contributed by atoms with Gasteiger partial charge in [-0.25, -0.2) is 8.42 Å². The van der Waals surface area contributed by atoms with Crippen molar-refractivity contribution in [2.45, 2.75) is 32.6 Å². The van der Waals surface area contributed by atoms with Crippen molar-refractivity contribution in [2.24, 2.45) is 5.92 Å². The topological polar surface area (TPSA) is 54.5 Å². The molecular formula is C14H19Cl2NO3S. The van der Waals surface area contributed by atoms with Crippen LogP contribution in [0.1, 0.15) is 36.7 Å². The summed E-state index contributed by atoms with van der Waals surface area (Å²) in [4.78, 5) is 14.0. The fourth-order valence-corrected chi connectivity index (χ4v) is 3.51. The van der Waals surface area contributed by atoms with Gasteiger partial charge in [-0.2, -0.15) is 0 Å². The van der Waals surface area contributed by atoms with Crippen LogP contribution in [-0.2, 0) is 9.05 Å². The van der Waals surface area contributed by atoms with E-state index in [4.69, 9.17) is 22.3 Å². The van der Waals surface area contributed by atoms with E-state index in [1.807, 2.05) is 20.8 Å². The predicted molar refractivity (Wildman–Crippen MR) is 85.6 cm³/mol. The van der Waals surface area contributed by atoms with Crippen molar-refractivity contribution < 1.29 is 13.2 Å². The second-order valence-electron chi connectivity index (χ2n) is 5.26. The Hall–Kier alpha value is -0.780. The molecule has 0 fully saturated rings. The van der Waals surface area contributed by atoms with Gasteiger partial charge in [-0.05, 0) is 37.5 Å². The summed E-state index contributed by atoms with van der Waals surface area (Å²) in [7, 11) is 1.45. The third-order valence-corrected chi connectivity index (χ3v) is 4.90. The second kappa shape index (κ2) is 6.99. The Balaban J connectivity index is 3.31. The molecule has 0 unspecified atom stereocenters. The zero-order chi connectivity index (χ0) is 16.4. The lowest BCUT2D eigenvalue weighted by Crippen LogP contribution is -2.34. The van der Waals surface area contributed by atoms with Crippen LogP contribution in [0.3, 0.4) is 0 Å². The second-order valence-corrected chi connectivity index (χ2v) is 8.20. The number of benzene rings is 1. The molecule has 118 valence electrons. The number of hydrogen-bond donors (Lipinski definition) is 0. The number of carbonyl (C=O) groups excluding carboxylic acids is 1. The van der Waals surface area contributed by atoms with E-state index in [0.717, 1.165) is 0 Å². The molecule has 1 amide bonds. The van der Waals surface area contributed by atoms with Crippen molar-refractivity contribution in [3.63, 3.8) is 0 Å². The summed E-state index contributed by atoms with van der Waals surface area (Å²) in [6.07, 6.45) is 0. The lowest BCUT2D eigenvalue weighted by atomic mass is 10.1. The zero-order valence-corrected chi connectivity index (χ0v) is 14.8. The third-order valence-electron chi connectivity index (χ3n) is 3.06. The van der Waals surface area contributed by atoms with Gasteiger partial charge in [0.1, 0.15) is 0 Å². The van der Waals surface area contributed by atoms with Crippen molar-refractivity contribution >= 4 is 37.2 Å². The molecular weight excluding hydrogens is 333 g/mol. The minimum atomic E-state index is -3.95. The molecule has 0 aromatic heterocycles. The molecule has 0 saturated heterocycles. The summed E-state index contributed by atoms with van der Waals surface area (Å²) in [5.41, 5.74) is 0.572. The van der Waals surface area contributed by atoms with Gasteiger partial charge >= 0.3 is 0 Å². The number of nitrogens with zero attached hydrogens (tertiary/aromatic N) is 1. The van der Waals surface area contributed by atoms with Gasteiger partial charge in [-0.15, -0.1) is 0 Å². The molecule has 1 aromatic carbocycles. The van der Waals surface area contributed by atoms with Crippen LogP contribution in [0.4, 0.5) is 0 Å². The molecule has 4 nitrogen and oxygen atoms in total. The van der Waals surface area contributed by atoms with Gasteiger partial charge in [0.25, 0.3) is 15.0 Å². The van der Waals surface area contributed by atoms with Crippen molar-refractivity contribution in [3.8, 4) is 0 Å². The van der Waals surface area contributed by atoms with Gasteiger partial charge in [0.05, 0.1) is 4.90 Å². The highest BCUT2D eigenvalue weighted by atomic mass is 35.7. The first-order valence-corrected chi connectivity index (χ1v) is 9.30. The van der Waals surface area contributed by atoms with Gasteiger partial charge in [0, 0.05) is 34.4 Å². The van der Waals surface area contributed by atoms with Crippen molar-refractivity contribution in [3.05, 3.63) is 28.3 Å². The molecule has 21 heavy (non-hydrogen) atoms. The molecule has 0 aliphatic heterocycles. The van der Waals surface area contributed by atoms with E-state index in [-0.39, 0.29) is 21.4 Å². The minimum Gasteiger partial charge on any atom is -0.339 e. The quantitative estimate of drug-likeness (QED) is 0.760. The monoisotopic (exact) mass is 351 g/mol. The molecule has 0 heterocycles. The Morgan fingerprint density at radius 1 is 1.33 bits per heavy atom. The van der Waals surface area contributed by atoms with Crippen molar-refractivity contribution in [1.29, 1.82) is 0 Å². The number of amides is 1. The predicted octanol–water partition coefficient (Wildman–Crippen LogP) is 3.69. The minimum absolute atomic E-state index is 0.124. The normalized spacial score (nSPS) is 11.8. The largest absolute Gasteiger partial charge is 0.339 e. The zero-order valence-electron chi connectivity index (χ0n) is 12.5. The Kier molecular flexibility index (Phi) is 6.08. The number of hydrogen-bond acceptors (Lipinski definition) is 3. The average Bonchev–Trinajstić information content (AvgIpc) is 2.36. The van der Waals surface area contributed by atoms with Crippen LogP contribution in [0, 0.1) is 12.8 Å². The molecule has 0 aliphatic rings. The SMILES string of the molecule is CCN(CC(C)C)C(=O)c1cc(Cl)c(C)c(S(=O)(=O)Cl)c1. The van der Waals surface area contributed by atoms with E-state index in [1.54, 1.807) is 11.8 Å². The van der Waals surface area contributed by atoms with Gasteiger partial charge in [-0.3, -0.25) is 4.79 Å². The Morgan fingerprint density at radius 2 is 1.90 bits per heavy atom. The molecule has 1 aromatic rings. The molecule has 0 saturated carbocycles. The molecule has 0 aliphatic carbocycles. The maximum Gasteiger partial charge on any atom is 0.261 e. The van der Waals surface area contributed by atoms with Crippen LogP contribution in [0.5, 0.6) is 0 Å². The molecule has 0 N–H and O–H groups in total. The molecule has 7 heteroatoms. The summed E-state index contributed by atoms with van der Waals surface area (Å²) in [6.45, 7) is 8.56. The summed E-state index contributed by atoms with van der Waals surface area (Å²) >= 11 is 6.03.